The van der Waals surface area contributed by atoms with Crippen LogP contribution >= 0.6 is 0 Å². The second kappa shape index (κ2) is 13.6. The summed E-state index contributed by atoms with van der Waals surface area (Å²) in [5, 5.41) is 0. The van der Waals surface area contributed by atoms with Crippen LogP contribution < -0.4 is 0 Å². The van der Waals surface area contributed by atoms with Crippen LogP contribution in [0.4, 0.5) is 0 Å². The molecule has 0 amide bonds. The lowest BCUT2D eigenvalue weighted by atomic mass is 9.78. The van der Waals surface area contributed by atoms with E-state index in [-0.39, 0.29) is 0 Å². The summed E-state index contributed by atoms with van der Waals surface area (Å²) < 4.78 is 6.58. The van der Waals surface area contributed by atoms with Gasteiger partial charge < -0.3 is 14.2 Å². The number of nitrogens with zero attached hydrogens (tertiary/aromatic N) is 2. The Morgan fingerprint density at radius 2 is 1.45 bits per heavy atom. The molecule has 1 aromatic rings. The van der Waals surface area contributed by atoms with E-state index >= 15 is 0 Å². The van der Waals surface area contributed by atoms with E-state index in [1.807, 2.05) is 0 Å². The van der Waals surface area contributed by atoms with Crippen molar-refractivity contribution in [2.24, 2.45) is 5.41 Å². The molecule has 0 saturated heterocycles. The number of benzene rings is 1. The fraction of sp³-hybridized carbons (Fsp3) is 0.760. The summed E-state index contributed by atoms with van der Waals surface area (Å²) in [5.74, 6) is 0. The first-order valence-corrected chi connectivity index (χ1v) is 14.5. The van der Waals surface area contributed by atoms with Crippen molar-refractivity contribution in [1.82, 2.24) is 9.80 Å². The van der Waals surface area contributed by atoms with Crippen molar-refractivity contribution in [2.45, 2.75) is 71.0 Å². The minimum Gasteiger partial charge on any atom is -0.417 e. The lowest BCUT2D eigenvalue weighted by Crippen LogP contribution is -2.42. The van der Waals surface area contributed by atoms with E-state index in [4.69, 9.17) is 4.43 Å². The lowest BCUT2D eigenvalue weighted by molar-refractivity contribution is 0.205. The molecule has 3 nitrogen and oxygen atoms in total. The molecule has 0 spiro atoms. The Kier molecular flexibility index (Phi) is 12.3. The van der Waals surface area contributed by atoms with E-state index in [1.165, 1.54) is 62.8 Å². The van der Waals surface area contributed by atoms with Gasteiger partial charge in [0, 0.05) is 6.61 Å². The molecule has 0 radical (unpaired) electrons. The maximum Gasteiger partial charge on any atom is 0.190 e. The Hall–Kier alpha value is -0.683. The Balaban J connectivity index is 2.91. The minimum atomic E-state index is -1.77. The third-order valence-electron chi connectivity index (χ3n) is 6.40. The molecular formula is C25H48N2OSi. The molecule has 1 atom stereocenters. The topological polar surface area (TPSA) is 15.7 Å². The van der Waals surface area contributed by atoms with Crippen molar-refractivity contribution in [3.63, 3.8) is 0 Å². The van der Waals surface area contributed by atoms with Crippen LogP contribution in [0.3, 0.4) is 0 Å². The van der Waals surface area contributed by atoms with Crippen LogP contribution in [0.15, 0.2) is 30.3 Å². The van der Waals surface area contributed by atoms with Gasteiger partial charge in [0.1, 0.15) is 0 Å². The van der Waals surface area contributed by atoms with Gasteiger partial charge in [-0.2, -0.15) is 0 Å². The van der Waals surface area contributed by atoms with Crippen molar-refractivity contribution in [1.29, 1.82) is 0 Å². The molecule has 1 rings (SSSR count). The first-order chi connectivity index (χ1) is 13.7. The van der Waals surface area contributed by atoms with Crippen molar-refractivity contribution >= 4 is 8.32 Å². The maximum absolute atomic E-state index is 6.58. The highest BCUT2D eigenvalue weighted by Gasteiger charge is 2.39. The summed E-state index contributed by atoms with van der Waals surface area (Å²) >= 11 is 0. The van der Waals surface area contributed by atoms with Gasteiger partial charge in [-0.3, -0.25) is 0 Å². The predicted octanol–water partition coefficient (Wildman–Crippen LogP) is 5.92. The zero-order chi connectivity index (χ0) is 21.8. The Labute approximate surface area is 183 Å². The quantitative estimate of drug-likeness (QED) is 0.309. The van der Waals surface area contributed by atoms with Crippen LogP contribution in [0.5, 0.6) is 0 Å². The van der Waals surface area contributed by atoms with Gasteiger partial charge in [0.05, 0.1) is 0 Å². The summed E-state index contributed by atoms with van der Waals surface area (Å²) in [7, 11) is 7.00. The van der Waals surface area contributed by atoms with E-state index in [0.29, 0.717) is 5.41 Å². The summed E-state index contributed by atoms with van der Waals surface area (Å²) in [5.41, 5.74) is 1.88. The largest absolute Gasteiger partial charge is 0.417 e. The standard InChI is InChI=1S/C25H48N2OSi/c1-8-25(18-13-20-26(3)4,19-14-21-27(5)6)23-29(7,28-9-2)22-17-24-15-11-10-12-16-24/h10-12,15-16H,8-9,13-14,17-23H2,1-7H3. The number of hydrogen-bond acceptors (Lipinski definition) is 3. The summed E-state index contributed by atoms with van der Waals surface area (Å²) in [6.45, 7) is 10.3. The van der Waals surface area contributed by atoms with Gasteiger partial charge in [-0.15, -0.1) is 0 Å². The number of rotatable bonds is 16. The van der Waals surface area contributed by atoms with E-state index in [9.17, 15) is 0 Å². The summed E-state index contributed by atoms with van der Waals surface area (Å²) in [6.07, 6.45) is 7.66. The summed E-state index contributed by atoms with van der Waals surface area (Å²) in [4.78, 5) is 4.66. The first-order valence-electron chi connectivity index (χ1n) is 11.7. The molecule has 1 unspecified atom stereocenters. The molecule has 0 N–H and O–H groups in total. The Morgan fingerprint density at radius 1 is 0.897 bits per heavy atom. The van der Waals surface area contributed by atoms with Gasteiger partial charge in [0.25, 0.3) is 0 Å². The highest BCUT2D eigenvalue weighted by Crippen LogP contribution is 2.43. The second-order valence-corrected chi connectivity index (χ2v) is 13.8. The Morgan fingerprint density at radius 3 is 1.90 bits per heavy atom. The molecule has 1 aromatic carbocycles. The third-order valence-corrected chi connectivity index (χ3v) is 10.2. The molecule has 0 aliphatic heterocycles. The van der Waals surface area contributed by atoms with Gasteiger partial charge in [-0.05, 0) is 110 Å². The van der Waals surface area contributed by atoms with Crippen molar-refractivity contribution in [3.8, 4) is 0 Å². The monoisotopic (exact) mass is 420 g/mol. The lowest BCUT2D eigenvalue weighted by Gasteiger charge is -2.41. The molecule has 0 fully saturated rings. The van der Waals surface area contributed by atoms with Crippen molar-refractivity contribution < 1.29 is 4.43 Å². The van der Waals surface area contributed by atoms with Crippen LogP contribution in [-0.4, -0.2) is 66.0 Å². The minimum absolute atomic E-state index is 0.429. The molecule has 0 aliphatic rings. The average molecular weight is 421 g/mol. The highest BCUT2D eigenvalue weighted by molar-refractivity contribution is 6.72. The predicted molar refractivity (Wildman–Crippen MR) is 131 cm³/mol. The van der Waals surface area contributed by atoms with Crippen LogP contribution in [0.25, 0.3) is 0 Å². The molecular weight excluding hydrogens is 372 g/mol. The van der Waals surface area contributed by atoms with E-state index in [0.717, 1.165) is 13.0 Å². The smallest absolute Gasteiger partial charge is 0.190 e. The van der Waals surface area contributed by atoms with Crippen LogP contribution in [0.1, 0.15) is 51.5 Å². The molecule has 29 heavy (non-hydrogen) atoms. The van der Waals surface area contributed by atoms with Gasteiger partial charge >= 0.3 is 0 Å². The number of hydrogen-bond donors (Lipinski definition) is 0. The molecule has 0 aromatic heterocycles. The molecule has 0 heterocycles. The zero-order valence-electron chi connectivity index (χ0n) is 20.5. The van der Waals surface area contributed by atoms with Crippen molar-refractivity contribution in [2.75, 3.05) is 47.9 Å². The van der Waals surface area contributed by atoms with E-state index in [1.54, 1.807) is 0 Å². The van der Waals surface area contributed by atoms with Crippen LogP contribution in [0, 0.1) is 5.41 Å². The average Bonchev–Trinajstić information content (AvgIpc) is 2.66. The third kappa shape index (κ3) is 10.8. The van der Waals surface area contributed by atoms with Crippen molar-refractivity contribution in [3.05, 3.63) is 35.9 Å². The van der Waals surface area contributed by atoms with E-state index < -0.39 is 8.32 Å². The fourth-order valence-electron chi connectivity index (χ4n) is 4.73. The van der Waals surface area contributed by atoms with Crippen LogP contribution in [0.2, 0.25) is 18.6 Å². The molecule has 4 heteroatoms. The summed E-state index contributed by atoms with van der Waals surface area (Å²) in [6, 6.07) is 13.5. The van der Waals surface area contributed by atoms with Crippen LogP contribution in [-0.2, 0) is 10.8 Å². The molecule has 0 bridgehead atoms. The molecule has 168 valence electrons. The van der Waals surface area contributed by atoms with E-state index in [2.05, 4.69) is 88.7 Å². The van der Waals surface area contributed by atoms with Gasteiger partial charge in [0.2, 0.25) is 0 Å². The maximum atomic E-state index is 6.58. The van der Waals surface area contributed by atoms with Gasteiger partial charge in [0.15, 0.2) is 8.32 Å². The first kappa shape index (κ1) is 26.4. The highest BCUT2D eigenvalue weighted by atomic mass is 28.4. The van der Waals surface area contributed by atoms with Gasteiger partial charge in [-0.25, -0.2) is 0 Å². The molecule has 0 saturated carbocycles. The zero-order valence-corrected chi connectivity index (χ0v) is 21.5. The fourth-order valence-corrected chi connectivity index (χ4v) is 8.86. The number of aryl methyl sites for hydroxylation is 1. The second-order valence-electron chi connectivity index (χ2n) is 9.71. The Bertz CT molecular complexity index is 521. The van der Waals surface area contributed by atoms with Gasteiger partial charge in [-0.1, -0.05) is 43.7 Å². The normalized spacial score (nSPS) is 14.5. The molecule has 0 aliphatic carbocycles. The SMILES string of the molecule is CCO[Si](C)(CCc1ccccc1)CC(CC)(CCCN(C)C)CCCN(C)C.